The van der Waals surface area contributed by atoms with Gasteiger partial charge in [-0.25, -0.2) is 9.37 Å². The highest BCUT2D eigenvalue weighted by Gasteiger charge is 2.25. The molecule has 100 valence electrons. The second-order valence-electron chi connectivity index (χ2n) is 3.85. The Morgan fingerprint density at radius 3 is 2.63 bits per heavy atom. The quantitative estimate of drug-likeness (QED) is 0.927. The Morgan fingerprint density at radius 2 is 2.00 bits per heavy atom. The normalized spacial score (nSPS) is 11.3. The van der Waals surface area contributed by atoms with E-state index in [1.807, 2.05) is 0 Å². The first-order valence-electron chi connectivity index (χ1n) is 5.38. The van der Waals surface area contributed by atoms with E-state index < -0.39 is 15.8 Å². The summed E-state index contributed by atoms with van der Waals surface area (Å²) in [5.41, 5.74) is 5.86. The first kappa shape index (κ1) is 13.3. The number of sulfonamides is 1. The molecule has 0 unspecified atom stereocenters. The van der Waals surface area contributed by atoms with Gasteiger partial charge in [0.15, 0.2) is 5.03 Å². The van der Waals surface area contributed by atoms with Gasteiger partial charge in [0.1, 0.15) is 5.82 Å². The van der Waals surface area contributed by atoms with Gasteiger partial charge in [-0.2, -0.15) is 8.42 Å². The van der Waals surface area contributed by atoms with Crippen LogP contribution in [0.15, 0.2) is 47.6 Å². The van der Waals surface area contributed by atoms with Gasteiger partial charge in [0.2, 0.25) is 0 Å². The topological polar surface area (TPSA) is 76.3 Å². The second-order valence-corrected chi connectivity index (χ2v) is 5.73. The van der Waals surface area contributed by atoms with Gasteiger partial charge in [0, 0.05) is 13.2 Å². The highest BCUT2D eigenvalue weighted by atomic mass is 32.2. The monoisotopic (exact) mass is 281 g/mol. The van der Waals surface area contributed by atoms with Crippen LogP contribution in [0.4, 0.5) is 15.8 Å². The Kier molecular flexibility index (Phi) is 3.39. The summed E-state index contributed by atoms with van der Waals surface area (Å²) in [7, 11) is -2.59. The molecule has 2 N–H and O–H groups in total. The standard InChI is InChI=1S/C12H12FN3O2S/c1-16(10-5-2-4-9(13)8-10)19(17,18)12-11(14)6-3-7-15-12/h2-8H,14H2,1H3. The molecule has 0 spiro atoms. The summed E-state index contributed by atoms with van der Waals surface area (Å²) in [6, 6.07) is 8.25. The Hall–Kier alpha value is -2.15. The average Bonchev–Trinajstić information content (AvgIpc) is 2.38. The Labute approximate surface area is 110 Å². The zero-order valence-corrected chi connectivity index (χ0v) is 10.9. The molecule has 1 heterocycles. The molecule has 0 amide bonds. The molecule has 5 nitrogen and oxygen atoms in total. The summed E-state index contributed by atoms with van der Waals surface area (Å²) in [6.07, 6.45) is 1.34. The third kappa shape index (κ3) is 2.50. The molecule has 0 saturated carbocycles. The van der Waals surface area contributed by atoms with Gasteiger partial charge in [0.05, 0.1) is 11.4 Å². The molecule has 1 aromatic carbocycles. The van der Waals surface area contributed by atoms with E-state index in [-0.39, 0.29) is 16.4 Å². The van der Waals surface area contributed by atoms with Crippen molar-refractivity contribution in [3.8, 4) is 0 Å². The smallest absolute Gasteiger partial charge is 0.283 e. The number of aromatic nitrogens is 1. The van der Waals surface area contributed by atoms with Crippen LogP contribution in [0.25, 0.3) is 0 Å². The third-order valence-corrected chi connectivity index (χ3v) is 4.34. The molecule has 7 heteroatoms. The number of rotatable bonds is 3. The van der Waals surface area contributed by atoms with E-state index >= 15 is 0 Å². The second kappa shape index (κ2) is 4.85. The summed E-state index contributed by atoms with van der Waals surface area (Å²) in [5.74, 6) is -0.520. The van der Waals surface area contributed by atoms with Crippen molar-refractivity contribution in [3.05, 3.63) is 48.4 Å². The highest BCUT2D eigenvalue weighted by molar-refractivity contribution is 7.92. The molecule has 0 atom stereocenters. The van der Waals surface area contributed by atoms with Crippen LogP contribution < -0.4 is 10.0 Å². The molecule has 0 aliphatic carbocycles. The van der Waals surface area contributed by atoms with E-state index in [2.05, 4.69) is 4.98 Å². The maximum atomic E-state index is 13.1. The van der Waals surface area contributed by atoms with Gasteiger partial charge in [-0.15, -0.1) is 0 Å². The van der Waals surface area contributed by atoms with Gasteiger partial charge in [-0.3, -0.25) is 4.31 Å². The Bertz CT molecular complexity index is 704. The minimum absolute atomic E-state index is 0.0470. The van der Waals surface area contributed by atoms with E-state index in [1.165, 1.54) is 43.6 Å². The zero-order chi connectivity index (χ0) is 14.0. The molecule has 2 rings (SSSR count). The maximum absolute atomic E-state index is 13.1. The fourth-order valence-electron chi connectivity index (χ4n) is 1.56. The number of anilines is 2. The minimum Gasteiger partial charge on any atom is -0.396 e. The van der Waals surface area contributed by atoms with Crippen LogP contribution in [0.5, 0.6) is 0 Å². The summed E-state index contributed by atoms with van der Waals surface area (Å²) in [4.78, 5) is 3.77. The van der Waals surface area contributed by atoms with Crippen LogP contribution in [0, 0.1) is 5.82 Å². The van der Waals surface area contributed by atoms with E-state index in [9.17, 15) is 12.8 Å². The molecule has 0 saturated heterocycles. The number of nitrogens with zero attached hydrogens (tertiary/aromatic N) is 2. The molecular formula is C12H12FN3O2S. The molecule has 0 radical (unpaired) electrons. The van der Waals surface area contributed by atoms with Crippen molar-refractivity contribution >= 4 is 21.4 Å². The predicted molar refractivity (Wildman–Crippen MR) is 70.6 cm³/mol. The van der Waals surface area contributed by atoms with Crippen molar-refractivity contribution < 1.29 is 12.8 Å². The molecular weight excluding hydrogens is 269 g/mol. The molecule has 0 fully saturated rings. The predicted octanol–water partition coefficient (Wildman–Crippen LogP) is 1.63. The fraction of sp³-hybridized carbons (Fsp3) is 0.0833. The lowest BCUT2D eigenvalue weighted by Crippen LogP contribution is -2.28. The zero-order valence-electron chi connectivity index (χ0n) is 10.1. The number of nitrogens with two attached hydrogens (primary N) is 1. The minimum atomic E-state index is -3.91. The SMILES string of the molecule is CN(c1cccc(F)c1)S(=O)(=O)c1ncccc1N. The Balaban J connectivity index is 2.49. The van der Waals surface area contributed by atoms with E-state index in [4.69, 9.17) is 5.73 Å². The van der Waals surface area contributed by atoms with E-state index in [0.29, 0.717) is 0 Å². The van der Waals surface area contributed by atoms with Crippen LogP contribution in [0.3, 0.4) is 0 Å². The number of hydrogen-bond donors (Lipinski definition) is 1. The van der Waals surface area contributed by atoms with E-state index in [0.717, 1.165) is 10.4 Å². The lowest BCUT2D eigenvalue weighted by atomic mass is 10.3. The fourth-order valence-corrected chi connectivity index (χ4v) is 2.77. The van der Waals surface area contributed by atoms with Gasteiger partial charge in [-0.1, -0.05) is 6.07 Å². The number of pyridine rings is 1. The molecule has 0 aliphatic rings. The van der Waals surface area contributed by atoms with Crippen molar-refractivity contribution in [1.29, 1.82) is 0 Å². The van der Waals surface area contributed by atoms with Crippen LogP contribution >= 0.6 is 0 Å². The molecule has 0 aliphatic heterocycles. The number of hydrogen-bond acceptors (Lipinski definition) is 4. The van der Waals surface area contributed by atoms with E-state index in [1.54, 1.807) is 0 Å². The van der Waals surface area contributed by atoms with Crippen molar-refractivity contribution in [2.24, 2.45) is 0 Å². The van der Waals surface area contributed by atoms with Crippen molar-refractivity contribution in [3.63, 3.8) is 0 Å². The van der Waals surface area contributed by atoms with Gasteiger partial charge in [0.25, 0.3) is 10.0 Å². The van der Waals surface area contributed by atoms with Crippen LogP contribution in [0.2, 0.25) is 0 Å². The maximum Gasteiger partial charge on any atom is 0.283 e. The van der Waals surface area contributed by atoms with Crippen molar-refractivity contribution in [2.75, 3.05) is 17.1 Å². The summed E-state index contributed by atoms with van der Waals surface area (Å²) in [6.45, 7) is 0. The van der Waals surface area contributed by atoms with Gasteiger partial charge >= 0.3 is 0 Å². The van der Waals surface area contributed by atoms with Crippen LogP contribution in [0.1, 0.15) is 0 Å². The lowest BCUT2D eigenvalue weighted by molar-refractivity contribution is 0.591. The van der Waals surface area contributed by atoms with Crippen molar-refractivity contribution in [1.82, 2.24) is 4.98 Å². The summed E-state index contributed by atoms with van der Waals surface area (Å²) < 4.78 is 38.7. The highest BCUT2D eigenvalue weighted by Crippen LogP contribution is 2.24. The van der Waals surface area contributed by atoms with Gasteiger partial charge < -0.3 is 5.73 Å². The van der Waals surface area contributed by atoms with Crippen LogP contribution in [-0.2, 0) is 10.0 Å². The molecule has 0 bridgehead atoms. The summed E-state index contributed by atoms with van der Waals surface area (Å²) in [5, 5.41) is -0.248. The molecule has 2 aromatic rings. The molecule has 1 aromatic heterocycles. The van der Waals surface area contributed by atoms with Crippen LogP contribution in [-0.4, -0.2) is 20.4 Å². The number of halogens is 1. The van der Waals surface area contributed by atoms with Crippen molar-refractivity contribution in [2.45, 2.75) is 5.03 Å². The largest absolute Gasteiger partial charge is 0.396 e. The Morgan fingerprint density at radius 1 is 1.26 bits per heavy atom. The number of nitrogen functional groups attached to an aromatic ring is 1. The average molecular weight is 281 g/mol. The third-order valence-electron chi connectivity index (χ3n) is 2.58. The molecule has 19 heavy (non-hydrogen) atoms. The number of benzene rings is 1. The van der Waals surface area contributed by atoms with Gasteiger partial charge in [-0.05, 0) is 30.3 Å². The first-order chi connectivity index (χ1) is 8.93. The lowest BCUT2D eigenvalue weighted by Gasteiger charge is -2.19. The summed E-state index contributed by atoms with van der Waals surface area (Å²) >= 11 is 0. The first-order valence-corrected chi connectivity index (χ1v) is 6.82.